The van der Waals surface area contributed by atoms with E-state index in [9.17, 15) is 0 Å². The van der Waals surface area contributed by atoms with Crippen molar-refractivity contribution in [1.29, 1.82) is 0 Å². The molecule has 1 aromatic carbocycles. The van der Waals surface area contributed by atoms with Gasteiger partial charge in [-0.2, -0.15) is 0 Å². The van der Waals surface area contributed by atoms with Gasteiger partial charge in [0.1, 0.15) is 0 Å². The monoisotopic (exact) mass is 234 g/mol. The average molecular weight is 235 g/mol. The molecule has 0 nitrogen and oxygen atoms in total. The zero-order valence-electron chi connectivity index (χ0n) is 7.50. The molecular formula is C12H11Br. The Hall–Kier alpha value is -0.820. The van der Waals surface area contributed by atoms with Crippen LogP contribution in [0.2, 0.25) is 0 Å². The van der Waals surface area contributed by atoms with Crippen LogP contribution in [0.15, 0.2) is 47.0 Å². The maximum atomic E-state index is 3.59. The van der Waals surface area contributed by atoms with Crippen molar-refractivity contribution >= 4 is 15.9 Å². The first-order valence-corrected chi connectivity index (χ1v) is 5.18. The highest BCUT2D eigenvalue weighted by Gasteiger charge is 2.09. The van der Waals surface area contributed by atoms with E-state index >= 15 is 0 Å². The van der Waals surface area contributed by atoms with E-state index in [1.807, 2.05) is 0 Å². The quantitative estimate of drug-likeness (QED) is 0.690. The Kier molecular flexibility index (Phi) is 2.36. The van der Waals surface area contributed by atoms with E-state index in [0.29, 0.717) is 5.92 Å². The summed E-state index contributed by atoms with van der Waals surface area (Å²) in [4.78, 5) is 0. The summed E-state index contributed by atoms with van der Waals surface area (Å²) in [5.74, 6) is 0.454. The molecule has 0 fully saturated rings. The molecule has 0 aliphatic heterocycles. The average Bonchev–Trinajstić information content (AvgIpc) is 2.56. The summed E-state index contributed by atoms with van der Waals surface area (Å²) in [5, 5.41) is 0. The molecule has 1 aliphatic carbocycles. The van der Waals surface area contributed by atoms with Crippen LogP contribution in [-0.4, -0.2) is 0 Å². The number of benzene rings is 1. The third-order valence-corrected chi connectivity index (χ3v) is 2.95. The molecule has 0 atom stereocenters. The van der Waals surface area contributed by atoms with Gasteiger partial charge in [0, 0.05) is 10.4 Å². The van der Waals surface area contributed by atoms with E-state index in [-0.39, 0.29) is 0 Å². The zero-order chi connectivity index (χ0) is 9.26. The summed E-state index contributed by atoms with van der Waals surface area (Å²) in [6, 6.07) is 6.50. The molecule has 0 saturated heterocycles. The predicted molar refractivity (Wildman–Crippen MR) is 59.9 cm³/mol. The fraction of sp³-hybridized carbons (Fsp3) is 0.167. The first kappa shape index (κ1) is 8.76. The van der Waals surface area contributed by atoms with Gasteiger partial charge in [-0.15, -0.1) is 0 Å². The number of rotatable bonds is 1. The number of hydrogen-bond donors (Lipinski definition) is 0. The minimum Gasteiger partial charge on any atom is -0.0732 e. The fourth-order valence-corrected chi connectivity index (χ4v) is 2.30. The van der Waals surface area contributed by atoms with E-state index in [1.165, 1.54) is 15.6 Å². The SMILES string of the molecule is Cc1ccc(C2C=CC=C2)c(Br)c1. The second-order valence-corrected chi connectivity index (χ2v) is 4.17. The van der Waals surface area contributed by atoms with E-state index < -0.39 is 0 Å². The van der Waals surface area contributed by atoms with Crippen LogP contribution in [0.4, 0.5) is 0 Å². The van der Waals surface area contributed by atoms with Crippen LogP contribution < -0.4 is 0 Å². The minimum absolute atomic E-state index is 0.454. The van der Waals surface area contributed by atoms with Crippen LogP contribution in [-0.2, 0) is 0 Å². The zero-order valence-corrected chi connectivity index (χ0v) is 9.08. The number of aryl methyl sites for hydroxylation is 1. The number of hydrogen-bond acceptors (Lipinski definition) is 0. The maximum Gasteiger partial charge on any atom is 0.0219 e. The first-order valence-electron chi connectivity index (χ1n) is 4.38. The summed E-state index contributed by atoms with van der Waals surface area (Å²) >= 11 is 3.59. The van der Waals surface area contributed by atoms with Gasteiger partial charge in [0.2, 0.25) is 0 Å². The maximum absolute atomic E-state index is 3.59. The summed E-state index contributed by atoms with van der Waals surface area (Å²) in [6.07, 6.45) is 8.60. The van der Waals surface area contributed by atoms with Gasteiger partial charge >= 0.3 is 0 Å². The van der Waals surface area contributed by atoms with Crippen LogP contribution in [0.3, 0.4) is 0 Å². The second-order valence-electron chi connectivity index (χ2n) is 3.32. The summed E-state index contributed by atoms with van der Waals surface area (Å²) in [6.45, 7) is 2.11. The smallest absolute Gasteiger partial charge is 0.0219 e. The molecule has 0 bridgehead atoms. The van der Waals surface area contributed by atoms with Crippen molar-refractivity contribution in [3.05, 3.63) is 58.1 Å². The van der Waals surface area contributed by atoms with Crippen LogP contribution in [0.1, 0.15) is 17.0 Å². The van der Waals surface area contributed by atoms with Gasteiger partial charge in [-0.05, 0) is 24.1 Å². The standard InChI is InChI=1S/C12H11Br/c1-9-6-7-11(12(13)8-9)10-4-2-3-5-10/h2-8,10H,1H3. The minimum atomic E-state index is 0.454. The molecule has 0 aromatic heterocycles. The number of allylic oxidation sites excluding steroid dienone is 4. The van der Waals surface area contributed by atoms with Crippen LogP contribution >= 0.6 is 15.9 Å². The molecule has 0 amide bonds. The van der Waals surface area contributed by atoms with Crippen LogP contribution in [0.5, 0.6) is 0 Å². The molecule has 0 saturated carbocycles. The van der Waals surface area contributed by atoms with Crippen LogP contribution in [0.25, 0.3) is 0 Å². The number of halogens is 1. The predicted octanol–water partition coefficient (Wildman–Crippen LogP) is 3.97. The van der Waals surface area contributed by atoms with Gasteiger partial charge in [0.15, 0.2) is 0 Å². The Labute approximate surface area is 87.1 Å². The van der Waals surface area contributed by atoms with E-state index in [1.54, 1.807) is 0 Å². The second kappa shape index (κ2) is 3.51. The lowest BCUT2D eigenvalue weighted by Gasteiger charge is -2.08. The summed E-state index contributed by atoms with van der Waals surface area (Å²) in [7, 11) is 0. The van der Waals surface area contributed by atoms with Gasteiger partial charge in [-0.3, -0.25) is 0 Å². The van der Waals surface area contributed by atoms with E-state index in [0.717, 1.165) is 0 Å². The highest BCUT2D eigenvalue weighted by atomic mass is 79.9. The molecule has 1 aromatic rings. The lowest BCUT2D eigenvalue weighted by atomic mass is 10.00. The van der Waals surface area contributed by atoms with Gasteiger partial charge in [-0.1, -0.05) is 52.4 Å². The third-order valence-electron chi connectivity index (χ3n) is 2.26. The topological polar surface area (TPSA) is 0 Å². The van der Waals surface area contributed by atoms with Crippen molar-refractivity contribution in [3.8, 4) is 0 Å². The Balaban J connectivity index is 2.40. The molecule has 0 unspecified atom stereocenters. The van der Waals surface area contributed by atoms with Crippen molar-refractivity contribution in [2.45, 2.75) is 12.8 Å². The third kappa shape index (κ3) is 1.75. The molecular weight excluding hydrogens is 224 g/mol. The Morgan fingerprint density at radius 3 is 2.46 bits per heavy atom. The van der Waals surface area contributed by atoms with Crippen LogP contribution in [0, 0.1) is 6.92 Å². The largest absolute Gasteiger partial charge is 0.0732 e. The van der Waals surface area contributed by atoms with Gasteiger partial charge in [-0.25, -0.2) is 0 Å². The first-order chi connectivity index (χ1) is 6.27. The molecule has 0 N–H and O–H groups in total. The molecule has 0 radical (unpaired) electrons. The Morgan fingerprint density at radius 2 is 1.85 bits per heavy atom. The van der Waals surface area contributed by atoms with Gasteiger partial charge < -0.3 is 0 Å². The van der Waals surface area contributed by atoms with Crippen molar-refractivity contribution in [2.24, 2.45) is 0 Å². The van der Waals surface area contributed by atoms with Gasteiger partial charge in [0.25, 0.3) is 0 Å². The highest BCUT2D eigenvalue weighted by molar-refractivity contribution is 9.10. The molecule has 13 heavy (non-hydrogen) atoms. The lowest BCUT2D eigenvalue weighted by Crippen LogP contribution is -1.90. The molecule has 66 valence electrons. The fourth-order valence-electron chi connectivity index (χ4n) is 1.54. The molecule has 1 heteroatoms. The van der Waals surface area contributed by atoms with Gasteiger partial charge in [0.05, 0.1) is 0 Å². The molecule has 0 spiro atoms. The summed E-state index contributed by atoms with van der Waals surface area (Å²) in [5.41, 5.74) is 2.64. The lowest BCUT2D eigenvalue weighted by molar-refractivity contribution is 1.09. The molecule has 1 aliphatic rings. The highest BCUT2D eigenvalue weighted by Crippen LogP contribution is 2.30. The molecule has 0 heterocycles. The molecule has 2 rings (SSSR count). The van der Waals surface area contributed by atoms with Crippen molar-refractivity contribution in [2.75, 3.05) is 0 Å². The van der Waals surface area contributed by atoms with E-state index in [2.05, 4.69) is 65.4 Å². The van der Waals surface area contributed by atoms with E-state index in [4.69, 9.17) is 0 Å². The van der Waals surface area contributed by atoms with Crippen molar-refractivity contribution in [1.82, 2.24) is 0 Å². The Bertz CT molecular complexity index is 363. The Morgan fingerprint density at radius 1 is 1.15 bits per heavy atom. The van der Waals surface area contributed by atoms with Crippen molar-refractivity contribution < 1.29 is 0 Å². The normalized spacial score (nSPS) is 15.5. The van der Waals surface area contributed by atoms with Crippen molar-refractivity contribution in [3.63, 3.8) is 0 Å². The summed E-state index contributed by atoms with van der Waals surface area (Å²) < 4.78 is 1.20.